The Morgan fingerprint density at radius 2 is 2.21 bits per heavy atom. The minimum Gasteiger partial charge on any atom is -0.497 e. The Morgan fingerprint density at radius 3 is 2.84 bits per heavy atom. The average Bonchev–Trinajstić information content (AvgIpc) is 2.42. The molecule has 0 aromatic heterocycles. The van der Waals surface area contributed by atoms with Crippen LogP contribution in [-0.2, 0) is 9.59 Å². The van der Waals surface area contributed by atoms with Gasteiger partial charge in [-0.25, -0.2) is 0 Å². The predicted molar refractivity (Wildman–Crippen MR) is 72.6 cm³/mol. The molecule has 19 heavy (non-hydrogen) atoms. The van der Waals surface area contributed by atoms with Gasteiger partial charge in [-0.15, -0.1) is 0 Å². The van der Waals surface area contributed by atoms with Crippen molar-refractivity contribution in [3.05, 3.63) is 23.2 Å². The van der Waals surface area contributed by atoms with E-state index in [1.807, 2.05) is 6.92 Å². The first-order valence-corrected chi connectivity index (χ1v) is 6.39. The Bertz CT molecular complexity index is 519. The van der Waals surface area contributed by atoms with Crippen LogP contribution >= 0.6 is 11.6 Å². The average molecular weight is 283 g/mol. The highest BCUT2D eigenvalue weighted by atomic mass is 35.5. The van der Waals surface area contributed by atoms with Crippen LogP contribution in [0.15, 0.2) is 18.2 Å². The molecule has 1 fully saturated rings. The molecule has 2 amide bonds. The molecule has 0 spiro atoms. The maximum absolute atomic E-state index is 12.1. The van der Waals surface area contributed by atoms with Crippen molar-refractivity contribution in [1.29, 1.82) is 0 Å². The van der Waals surface area contributed by atoms with E-state index in [9.17, 15) is 9.59 Å². The van der Waals surface area contributed by atoms with Gasteiger partial charge in [0.25, 0.3) is 0 Å². The summed E-state index contributed by atoms with van der Waals surface area (Å²) < 4.78 is 5.13. The lowest BCUT2D eigenvalue weighted by Crippen LogP contribution is -2.58. The van der Waals surface area contributed by atoms with E-state index in [1.165, 1.54) is 12.0 Å². The molecule has 1 aliphatic heterocycles. The van der Waals surface area contributed by atoms with Crippen molar-refractivity contribution < 1.29 is 14.3 Å². The number of benzene rings is 1. The first-order chi connectivity index (χ1) is 9.08. The van der Waals surface area contributed by atoms with E-state index in [-0.39, 0.29) is 18.4 Å². The third-order valence-corrected chi connectivity index (χ3v) is 3.42. The van der Waals surface area contributed by atoms with Crippen molar-refractivity contribution >= 4 is 29.1 Å². The van der Waals surface area contributed by atoms with Gasteiger partial charge in [0, 0.05) is 6.07 Å². The van der Waals surface area contributed by atoms with Gasteiger partial charge in [0.05, 0.1) is 24.4 Å². The van der Waals surface area contributed by atoms with Crippen LogP contribution < -0.4 is 15.0 Å². The summed E-state index contributed by atoms with van der Waals surface area (Å²) in [4.78, 5) is 25.4. The number of ether oxygens (including phenoxy) is 1. The second kappa shape index (κ2) is 5.48. The van der Waals surface area contributed by atoms with Gasteiger partial charge in [0.1, 0.15) is 11.8 Å². The number of hydrogen-bond donors (Lipinski definition) is 1. The van der Waals surface area contributed by atoms with E-state index in [2.05, 4.69) is 5.32 Å². The number of nitrogens with zero attached hydrogens (tertiary/aromatic N) is 1. The van der Waals surface area contributed by atoms with Crippen LogP contribution in [0.2, 0.25) is 5.02 Å². The predicted octanol–water partition coefficient (Wildman–Crippen LogP) is 1.59. The van der Waals surface area contributed by atoms with Crippen LogP contribution in [0.1, 0.15) is 13.3 Å². The van der Waals surface area contributed by atoms with Crippen LogP contribution in [-0.4, -0.2) is 31.5 Å². The maximum atomic E-state index is 12.1. The fourth-order valence-electron chi connectivity index (χ4n) is 2.13. The molecule has 2 rings (SSSR count). The molecule has 0 saturated carbocycles. The van der Waals surface area contributed by atoms with E-state index in [0.29, 0.717) is 22.9 Å². The van der Waals surface area contributed by atoms with Gasteiger partial charge in [-0.3, -0.25) is 14.5 Å². The number of nitrogens with one attached hydrogen (secondary N) is 1. The summed E-state index contributed by atoms with van der Waals surface area (Å²) in [5.74, 6) is 0.246. The zero-order valence-electron chi connectivity index (χ0n) is 10.8. The Kier molecular flexibility index (Phi) is 3.95. The number of rotatable bonds is 3. The minimum atomic E-state index is -0.536. The van der Waals surface area contributed by atoms with Crippen molar-refractivity contribution in [2.24, 2.45) is 0 Å². The zero-order chi connectivity index (χ0) is 14.0. The molecular weight excluding hydrogens is 268 g/mol. The number of anilines is 1. The van der Waals surface area contributed by atoms with Crippen molar-refractivity contribution in [1.82, 2.24) is 5.32 Å². The first kappa shape index (κ1) is 13.7. The van der Waals surface area contributed by atoms with E-state index in [1.54, 1.807) is 18.2 Å². The van der Waals surface area contributed by atoms with E-state index >= 15 is 0 Å². The van der Waals surface area contributed by atoms with Gasteiger partial charge >= 0.3 is 0 Å². The highest BCUT2D eigenvalue weighted by Gasteiger charge is 2.35. The molecule has 1 heterocycles. The second-order valence-corrected chi connectivity index (χ2v) is 4.63. The number of halogens is 1. The molecule has 1 N–H and O–H groups in total. The zero-order valence-corrected chi connectivity index (χ0v) is 11.5. The lowest BCUT2D eigenvalue weighted by atomic mass is 10.1. The molecule has 102 valence electrons. The molecule has 5 nitrogen and oxygen atoms in total. The van der Waals surface area contributed by atoms with Gasteiger partial charge in [0.15, 0.2) is 0 Å². The molecule has 0 aliphatic carbocycles. The summed E-state index contributed by atoms with van der Waals surface area (Å²) in [6.45, 7) is 1.84. The highest BCUT2D eigenvalue weighted by Crippen LogP contribution is 2.32. The fourth-order valence-corrected chi connectivity index (χ4v) is 2.34. The quantitative estimate of drug-likeness (QED) is 0.916. The normalized spacial score (nSPS) is 19.3. The number of carbonyl (C=O) groups is 2. The van der Waals surface area contributed by atoms with Crippen molar-refractivity contribution in [3.63, 3.8) is 0 Å². The SMILES string of the molecule is CCC1C(=O)NCC(=O)N1c1cc(OC)ccc1Cl. The monoisotopic (exact) mass is 282 g/mol. The lowest BCUT2D eigenvalue weighted by Gasteiger charge is -2.35. The number of methoxy groups -OCH3 is 1. The second-order valence-electron chi connectivity index (χ2n) is 4.22. The summed E-state index contributed by atoms with van der Waals surface area (Å²) in [7, 11) is 1.54. The van der Waals surface area contributed by atoms with Crippen LogP contribution in [0.5, 0.6) is 5.75 Å². The lowest BCUT2D eigenvalue weighted by molar-refractivity contribution is -0.131. The Balaban J connectivity index is 2.47. The van der Waals surface area contributed by atoms with Crippen molar-refractivity contribution in [2.45, 2.75) is 19.4 Å². The summed E-state index contributed by atoms with van der Waals surface area (Å²) in [6.07, 6.45) is 0.519. The molecule has 0 bridgehead atoms. The first-order valence-electron chi connectivity index (χ1n) is 6.01. The molecule has 0 radical (unpaired) electrons. The Hall–Kier alpha value is -1.75. The summed E-state index contributed by atoms with van der Waals surface area (Å²) in [5, 5.41) is 2.99. The molecule has 1 aromatic carbocycles. The van der Waals surface area contributed by atoms with Crippen LogP contribution in [0.25, 0.3) is 0 Å². The van der Waals surface area contributed by atoms with Crippen molar-refractivity contribution in [2.75, 3.05) is 18.6 Å². The van der Waals surface area contributed by atoms with Gasteiger partial charge in [-0.05, 0) is 18.6 Å². The van der Waals surface area contributed by atoms with Crippen LogP contribution in [0.3, 0.4) is 0 Å². The Labute approximate surface area is 116 Å². The number of carbonyl (C=O) groups excluding carboxylic acids is 2. The molecule has 1 saturated heterocycles. The molecule has 1 aliphatic rings. The van der Waals surface area contributed by atoms with E-state index in [4.69, 9.17) is 16.3 Å². The molecule has 6 heteroatoms. The van der Waals surface area contributed by atoms with Gasteiger partial charge in [0.2, 0.25) is 11.8 Å². The highest BCUT2D eigenvalue weighted by molar-refractivity contribution is 6.34. The van der Waals surface area contributed by atoms with E-state index in [0.717, 1.165) is 0 Å². The summed E-state index contributed by atoms with van der Waals surface area (Å²) in [5.41, 5.74) is 0.507. The number of amides is 2. The van der Waals surface area contributed by atoms with Gasteiger partial charge < -0.3 is 10.1 Å². The molecule has 1 unspecified atom stereocenters. The fraction of sp³-hybridized carbons (Fsp3) is 0.385. The van der Waals surface area contributed by atoms with Crippen LogP contribution in [0, 0.1) is 0 Å². The topological polar surface area (TPSA) is 58.6 Å². The largest absolute Gasteiger partial charge is 0.497 e. The summed E-state index contributed by atoms with van der Waals surface area (Å²) >= 11 is 6.14. The minimum absolute atomic E-state index is 0.0110. The van der Waals surface area contributed by atoms with E-state index < -0.39 is 6.04 Å². The van der Waals surface area contributed by atoms with Gasteiger partial charge in [-0.2, -0.15) is 0 Å². The Morgan fingerprint density at radius 1 is 1.47 bits per heavy atom. The standard InChI is InChI=1S/C13H15ClN2O3/c1-3-10-13(18)15-7-12(17)16(10)11-6-8(19-2)4-5-9(11)14/h4-6,10H,3,7H2,1-2H3,(H,15,18). The number of hydrogen-bond acceptors (Lipinski definition) is 3. The van der Waals surface area contributed by atoms with Crippen LogP contribution in [0.4, 0.5) is 5.69 Å². The number of piperazine rings is 1. The molecular formula is C13H15ClN2O3. The summed E-state index contributed by atoms with van der Waals surface area (Å²) in [6, 6.07) is 4.50. The third-order valence-electron chi connectivity index (χ3n) is 3.10. The maximum Gasteiger partial charge on any atom is 0.247 e. The smallest absolute Gasteiger partial charge is 0.247 e. The van der Waals surface area contributed by atoms with Crippen molar-refractivity contribution in [3.8, 4) is 5.75 Å². The molecule has 1 aromatic rings. The molecule has 1 atom stereocenters. The third kappa shape index (κ3) is 2.51. The van der Waals surface area contributed by atoms with Gasteiger partial charge in [-0.1, -0.05) is 18.5 Å².